The van der Waals surface area contributed by atoms with Gasteiger partial charge >= 0.3 is 0 Å². The summed E-state index contributed by atoms with van der Waals surface area (Å²) in [6, 6.07) is 1.56. The molecule has 0 spiro atoms. The van der Waals surface area contributed by atoms with Crippen molar-refractivity contribution in [3.05, 3.63) is 0 Å². The van der Waals surface area contributed by atoms with Gasteiger partial charge in [-0.3, -0.25) is 0 Å². The summed E-state index contributed by atoms with van der Waals surface area (Å²) in [5.74, 6) is 0. The maximum absolute atomic E-state index is 3.99. The van der Waals surface area contributed by atoms with Crippen LogP contribution < -0.4 is 5.32 Å². The Kier molecular flexibility index (Phi) is 3.87. The summed E-state index contributed by atoms with van der Waals surface area (Å²) >= 11 is 0. The summed E-state index contributed by atoms with van der Waals surface area (Å²) in [5.41, 5.74) is 1.11. The van der Waals surface area contributed by atoms with E-state index in [4.69, 9.17) is 0 Å². The zero-order valence-electron chi connectivity index (χ0n) is 12.3. The molecular formula is C16H31N. The largest absolute Gasteiger partial charge is 0.311 e. The molecule has 0 aromatic heterocycles. The molecule has 0 aliphatic heterocycles. The molecule has 2 aliphatic rings. The number of hydrogen-bond acceptors (Lipinski definition) is 1. The van der Waals surface area contributed by atoms with Gasteiger partial charge in [0.05, 0.1) is 0 Å². The van der Waals surface area contributed by atoms with E-state index in [1.807, 2.05) is 0 Å². The summed E-state index contributed by atoms with van der Waals surface area (Å²) in [4.78, 5) is 0. The summed E-state index contributed by atoms with van der Waals surface area (Å²) in [5, 5.41) is 3.99. The maximum Gasteiger partial charge on any atom is 0.0121 e. The molecular weight excluding hydrogens is 206 g/mol. The van der Waals surface area contributed by atoms with E-state index < -0.39 is 0 Å². The summed E-state index contributed by atoms with van der Waals surface area (Å²) in [6.45, 7) is 9.76. The lowest BCUT2D eigenvalue weighted by Gasteiger charge is -2.32. The van der Waals surface area contributed by atoms with Crippen molar-refractivity contribution in [2.75, 3.05) is 0 Å². The molecule has 2 rings (SSSR count). The molecule has 1 N–H and O–H groups in total. The lowest BCUT2D eigenvalue weighted by molar-refractivity contribution is 0.247. The fraction of sp³-hybridized carbons (Fsp3) is 1.00. The van der Waals surface area contributed by atoms with Gasteiger partial charge in [-0.15, -0.1) is 0 Å². The van der Waals surface area contributed by atoms with Crippen LogP contribution in [-0.4, -0.2) is 12.1 Å². The van der Waals surface area contributed by atoms with Crippen LogP contribution in [0.4, 0.5) is 0 Å². The lowest BCUT2D eigenvalue weighted by Crippen LogP contribution is -2.43. The highest BCUT2D eigenvalue weighted by atomic mass is 15.0. The van der Waals surface area contributed by atoms with E-state index in [9.17, 15) is 0 Å². The van der Waals surface area contributed by atoms with Gasteiger partial charge in [0.25, 0.3) is 0 Å². The van der Waals surface area contributed by atoms with Crippen LogP contribution in [0.15, 0.2) is 0 Å². The first-order chi connectivity index (χ1) is 7.89. The molecule has 2 saturated carbocycles. The number of nitrogens with one attached hydrogen (secondary N) is 1. The Morgan fingerprint density at radius 1 is 0.824 bits per heavy atom. The molecule has 1 heteroatoms. The average Bonchev–Trinajstić information content (AvgIpc) is 2.43. The zero-order chi connectivity index (χ0) is 12.5. The molecule has 1 nitrogen and oxygen atoms in total. The molecule has 2 unspecified atom stereocenters. The van der Waals surface area contributed by atoms with Crippen LogP contribution in [-0.2, 0) is 0 Å². The second-order valence-corrected chi connectivity index (χ2v) is 7.89. The van der Waals surface area contributed by atoms with Gasteiger partial charge in [0.15, 0.2) is 0 Å². The number of hydrogen-bond donors (Lipinski definition) is 1. The fourth-order valence-electron chi connectivity index (χ4n) is 3.75. The quantitative estimate of drug-likeness (QED) is 0.697. The summed E-state index contributed by atoms with van der Waals surface area (Å²) < 4.78 is 0. The molecule has 0 bridgehead atoms. The second kappa shape index (κ2) is 4.91. The second-order valence-electron chi connectivity index (χ2n) is 7.89. The highest BCUT2D eigenvalue weighted by Crippen LogP contribution is 2.39. The van der Waals surface area contributed by atoms with Gasteiger partial charge < -0.3 is 5.32 Å². The Balaban J connectivity index is 1.87. The monoisotopic (exact) mass is 237 g/mol. The van der Waals surface area contributed by atoms with Crippen molar-refractivity contribution < 1.29 is 0 Å². The predicted molar refractivity (Wildman–Crippen MR) is 75.2 cm³/mol. The van der Waals surface area contributed by atoms with Gasteiger partial charge in [0.2, 0.25) is 0 Å². The minimum atomic E-state index is 0.530. The van der Waals surface area contributed by atoms with Crippen molar-refractivity contribution in [1.29, 1.82) is 0 Å². The third-order valence-corrected chi connectivity index (χ3v) is 5.27. The van der Waals surface area contributed by atoms with Crippen molar-refractivity contribution >= 4 is 0 Å². The first-order valence-electron chi connectivity index (χ1n) is 7.65. The molecule has 0 aromatic carbocycles. The first-order valence-corrected chi connectivity index (χ1v) is 7.65. The molecule has 0 radical (unpaired) electrons. The van der Waals surface area contributed by atoms with E-state index in [-0.39, 0.29) is 0 Å². The van der Waals surface area contributed by atoms with Gasteiger partial charge in [-0.05, 0) is 49.4 Å². The van der Waals surface area contributed by atoms with Crippen LogP contribution in [0.1, 0.15) is 79.1 Å². The van der Waals surface area contributed by atoms with Crippen molar-refractivity contribution in [2.45, 2.75) is 91.1 Å². The van der Waals surface area contributed by atoms with Gasteiger partial charge in [-0.25, -0.2) is 0 Å². The fourth-order valence-corrected chi connectivity index (χ4v) is 3.75. The van der Waals surface area contributed by atoms with Gasteiger partial charge in [0.1, 0.15) is 0 Å². The Hall–Kier alpha value is -0.0400. The van der Waals surface area contributed by atoms with Crippen molar-refractivity contribution in [1.82, 2.24) is 5.32 Å². The van der Waals surface area contributed by atoms with Crippen LogP contribution in [0.25, 0.3) is 0 Å². The van der Waals surface area contributed by atoms with Crippen LogP contribution in [0.2, 0.25) is 0 Å². The standard InChI is InChI=1S/C16H31N/c1-15(2)10-5-7-13(9-12-15)17-14-8-6-11-16(14,3)4/h13-14,17H,5-12H2,1-4H3. The van der Waals surface area contributed by atoms with Crippen LogP contribution in [0.3, 0.4) is 0 Å². The van der Waals surface area contributed by atoms with Crippen molar-refractivity contribution in [3.63, 3.8) is 0 Å². The molecule has 0 amide bonds. The molecule has 17 heavy (non-hydrogen) atoms. The minimum absolute atomic E-state index is 0.530. The van der Waals surface area contributed by atoms with E-state index in [1.165, 1.54) is 51.4 Å². The Morgan fingerprint density at radius 3 is 2.18 bits per heavy atom. The third-order valence-electron chi connectivity index (χ3n) is 5.27. The molecule has 2 fully saturated rings. The summed E-state index contributed by atoms with van der Waals surface area (Å²) in [7, 11) is 0. The molecule has 100 valence electrons. The molecule has 0 aromatic rings. The van der Waals surface area contributed by atoms with Crippen LogP contribution in [0, 0.1) is 10.8 Å². The smallest absolute Gasteiger partial charge is 0.0121 e. The molecule has 0 heterocycles. The number of rotatable bonds is 2. The molecule has 2 aliphatic carbocycles. The van der Waals surface area contributed by atoms with Crippen LogP contribution >= 0.6 is 0 Å². The third kappa shape index (κ3) is 3.47. The van der Waals surface area contributed by atoms with Gasteiger partial charge in [-0.2, -0.15) is 0 Å². The van der Waals surface area contributed by atoms with E-state index in [0.717, 1.165) is 12.1 Å². The van der Waals surface area contributed by atoms with Gasteiger partial charge in [-0.1, -0.05) is 40.5 Å². The van der Waals surface area contributed by atoms with E-state index in [2.05, 4.69) is 33.0 Å². The SMILES string of the molecule is CC1(C)CCCC(NC2CCCC2(C)C)CC1. The lowest BCUT2D eigenvalue weighted by atomic mass is 9.84. The molecule has 2 atom stereocenters. The first kappa shape index (κ1) is 13.4. The highest BCUT2D eigenvalue weighted by Gasteiger charge is 2.36. The van der Waals surface area contributed by atoms with Crippen molar-refractivity contribution in [3.8, 4) is 0 Å². The van der Waals surface area contributed by atoms with Gasteiger partial charge in [0, 0.05) is 12.1 Å². The van der Waals surface area contributed by atoms with Crippen molar-refractivity contribution in [2.24, 2.45) is 10.8 Å². The van der Waals surface area contributed by atoms with Crippen LogP contribution in [0.5, 0.6) is 0 Å². The Labute approximate surface area is 108 Å². The molecule has 0 saturated heterocycles. The normalized spacial score (nSPS) is 36.7. The highest BCUT2D eigenvalue weighted by molar-refractivity contribution is 4.92. The Morgan fingerprint density at radius 2 is 1.53 bits per heavy atom. The topological polar surface area (TPSA) is 12.0 Å². The maximum atomic E-state index is 3.99. The summed E-state index contributed by atoms with van der Waals surface area (Å²) in [6.07, 6.45) is 11.2. The van der Waals surface area contributed by atoms with E-state index in [0.29, 0.717) is 10.8 Å². The predicted octanol–water partition coefficient (Wildman–Crippen LogP) is 4.51. The minimum Gasteiger partial charge on any atom is -0.311 e. The zero-order valence-corrected chi connectivity index (χ0v) is 12.3. The van der Waals surface area contributed by atoms with E-state index in [1.54, 1.807) is 0 Å². The average molecular weight is 237 g/mol. The Bertz CT molecular complexity index is 254. The van der Waals surface area contributed by atoms with E-state index >= 15 is 0 Å².